The fourth-order valence-corrected chi connectivity index (χ4v) is 8.17. The zero-order chi connectivity index (χ0) is 35.8. The molecule has 12 nitrogen and oxygen atoms in total. The number of hydrogen-bond acceptors (Lipinski definition) is 10. The minimum absolute atomic E-state index is 0.0631. The van der Waals surface area contributed by atoms with Crippen LogP contribution in [0.25, 0.3) is 31.5 Å². The van der Waals surface area contributed by atoms with E-state index in [1.54, 1.807) is 24.3 Å². The number of aromatic hydroxyl groups is 2. The van der Waals surface area contributed by atoms with E-state index < -0.39 is 25.7 Å². The number of fused-ring (bicyclic) bond motifs is 2. The van der Waals surface area contributed by atoms with E-state index in [1.807, 2.05) is 13.8 Å². The molecule has 0 amide bonds. The summed E-state index contributed by atoms with van der Waals surface area (Å²) in [6, 6.07) is 27.2. The summed E-state index contributed by atoms with van der Waals surface area (Å²) in [6.07, 6.45) is 0.632. The predicted octanol–water partition coefficient (Wildman–Crippen LogP) is 8.62. The SMILES string of the molecule is CCC(C)(c1ccc(OS(=O)(=O)c2cccc3c(O)c([N+]#N)ccc23)cc1)c1ccc(OS(=O)(=O)c2cccc3c(O)c([N+]#N)ccc23)cc1. The quantitative estimate of drug-likeness (QED) is 0.109. The van der Waals surface area contributed by atoms with Gasteiger partial charge in [0.2, 0.25) is 22.3 Å². The second-order valence-electron chi connectivity index (χ2n) is 11.6. The van der Waals surface area contributed by atoms with Gasteiger partial charge < -0.3 is 18.6 Å². The van der Waals surface area contributed by atoms with Gasteiger partial charge in [-0.1, -0.05) is 62.4 Å². The maximum absolute atomic E-state index is 13.3. The van der Waals surface area contributed by atoms with Gasteiger partial charge in [-0.25, -0.2) is 0 Å². The van der Waals surface area contributed by atoms with Crippen LogP contribution in [0.5, 0.6) is 23.0 Å². The van der Waals surface area contributed by atoms with Gasteiger partial charge in [0.25, 0.3) is 0 Å². The first kappa shape index (κ1) is 33.7. The lowest BCUT2D eigenvalue weighted by atomic mass is 9.74. The van der Waals surface area contributed by atoms with Crippen molar-refractivity contribution < 1.29 is 35.4 Å². The third kappa shape index (κ3) is 5.87. The number of phenols is 2. The lowest BCUT2D eigenvalue weighted by Crippen LogP contribution is -2.22. The van der Waals surface area contributed by atoms with Crippen molar-refractivity contribution in [1.29, 1.82) is 10.8 Å². The van der Waals surface area contributed by atoms with E-state index in [0.29, 0.717) is 6.42 Å². The van der Waals surface area contributed by atoms with Crippen molar-refractivity contribution in [2.75, 3.05) is 0 Å². The summed E-state index contributed by atoms with van der Waals surface area (Å²) in [5, 5.41) is 39.7. The maximum atomic E-state index is 13.3. The normalized spacial score (nSPS) is 11.9. The summed E-state index contributed by atoms with van der Waals surface area (Å²) in [6.45, 7) is 3.98. The van der Waals surface area contributed by atoms with E-state index in [9.17, 15) is 27.0 Å². The molecule has 2 N–H and O–H groups in total. The van der Waals surface area contributed by atoms with Crippen molar-refractivity contribution in [2.24, 2.45) is 0 Å². The minimum atomic E-state index is -4.33. The highest BCUT2D eigenvalue weighted by molar-refractivity contribution is 7.87. The lowest BCUT2D eigenvalue weighted by Gasteiger charge is -2.30. The highest BCUT2D eigenvalue weighted by atomic mass is 32.2. The average molecular weight is 709 g/mol. The molecule has 0 aliphatic heterocycles. The van der Waals surface area contributed by atoms with E-state index in [4.69, 9.17) is 19.2 Å². The first-order chi connectivity index (χ1) is 23.8. The molecule has 50 heavy (non-hydrogen) atoms. The molecular formula is C36H28N4O8S2+2. The van der Waals surface area contributed by atoms with Gasteiger partial charge in [0.15, 0.2) is 9.95 Å². The van der Waals surface area contributed by atoms with Gasteiger partial charge in [-0.3, -0.25) is 0 Å². The van der Waals surface area contributed by atoms with Crippen molar-refractivity contribution in [3.05, 3.63) is 130 Å². The lowest BCUT2D eigenvalue weighted by molar-refractivity contribution is 0.482. The molecule has 6 aromatic carbocycles. The van der Waals surface area contributed by atoms with E-state index in [-0.39, 0.29) is 65.7 Å². The number of phenolic OH excluding ortho intramolecular Hbond substituents is 2. The van der Waals surface area contributed by atoms with Crippen molar-refractivity contribution >= 4 is 53.2 Å². The van der Waals surface area contributed by atoms with Gasteiger partial charge in [-0.05, 0) is 66.1 Å². The van der Waals surface area contributed by atoms with Crippen LogP contribution in [0.4, 0.5) is 11.4 Å². The summed E-state index contributed by atoms with van der Waals surface area (Å²) in [7, 11) is -8.67. The fourth-order valence-electron chi connectivity index (χ4n) is 5.88. The number of nitrogens with zero attached hydrogens (tertiary/aromatic N) is 4. The molecule has 0 aliphatic carbocycles. The molecule has 14 heteroatoms. The highest BCUT2D eigenvalue weighted by Crippen LogP contribution is 2.41. The smallest absolute Gasteiger partial charge is 0.426 e. The number of rotatable bonds is 9. The molecule has 250 valence electrons. The Morgan fingerprint density at radius 1 is 0.580 bits per heavy atom. The molecule has 0 saturated heterocycles. The summed E-state index contributed by atoms with van der Waals surface area (Å²) < 4.78 is 64.2. The molecule has 0 heterocycles. The Bertz CT molecular complexity index is 2440. The minimum Gasteiger partial charge on any atom is -0.501 e. The fraction of sp³-hybridized carbons (Fsp3) is 0.111. The zero-order valence-corrected chi connectivity index (χ0v) is 28.2. The average Bonchev–Trinajstić information content (AvgIpc) is 3.11. The molecule has 6 rings (SSSR count). The Balaban J connectivity index is 1.23. The Kier molecular flexibility index (Phi) is 8.53. The number of hydrogen-bond donors (Lipinski definition) is 2. The Morgan fingerprint density at radius 3 is 1.30 bits per heavy atom. The van der Waals surface area contributed by atoms with Gasteiger partial charge in [0.05, 0.1) is 0 Å². The molecule has 0 bridgehead atoms. The topological polar surface area (TPSA) is 184 Å². The van der Waals surface area contributed by atoms with Crippen molar-refractivity contribution in [3.63, 3.8) is 0 Å². The molecule has 6 aromatic rings. The van der Waals surface area contributed by atoms with E-state index in [1.165, 1.54) is 84.9 Å². The number of diazo groups is 2. The first-order valence-electron chi connectivity index (χ1n) is 15.1. The summed E-state index contributed by atoms with van der Waals surface area (Å²) in [5.41, 5.74) is 0.901. The third-order valence-electron chi connectivity index (χ3n) is 8.80. The van der Waals surface area contributed by atoms with Crippen LogP contribution in [-0.2, 0) is 25.7 Å². The third-order valence-corrected chi connectivity index (χ3v) is 11.4. The molecule has 0 radical (unpaired) electrons. The second-order valence-corrected chi connectivity index (χ2v) is 14.6. The predicted molar refractivity (Wildman–Crippen MR) is 186 cm³/mol. The molecule has 0 unspecified atom stereocenters. The Labute approximate surface area is 287 Å². The number of benzene rings is 6. The van der Waals surface area contributed by atoms with E-state index >= 15 is 0 Å². The summed E-state index contributed by atoms with van der Waals surface area (Å²) in [5.74, 6) is -0.610. The van der Waals surface area contributed by atoms with Crippen molar-refractivity contribution in [3.8, 4) is 23.0 Å². The molecule has 0 fully saturated rings. The van der Waals surface area contributed by atoms with Crippen LogP contribution >= 0.6 is 0 Å². The Hall–Kier alpha value is -6.22. The van der Waals surface area contributed by atoms with Crippen LogP contribution in [0.3, 0.4) is 0 Å². The second kappa shape index (κ2) is 12.7. The largest absolute Gasteiger partial charge is 0.501 e. The standard InChI is InChI=1S/C36H26N4O8S2/c1-3-36(2,22-10-14-24(15-11-22)47-49(43,44)32-8-4-6-28-26(32)18-20-30(39-37)34(28)41)23-12-16-25(17-13-23)48-50(45,46)33-9-5-7-29-27(33)19-21-31(40-38)35(29)42/h4-21H,3H2,1-2H3/p+2. The monoisotopic (exact) mass is 708 g/mol. The van der Waals surface area contributed by atoms with Crippen LogP contribution in [0.2, 0.25) is 0 Å². The first-order valence-corrected chi connectivity index (χ1v) is 17.9. The van der Waals surface area contributed by atoms with Crippen LogP contribution < -0.4 is 8.37 Å². The zero-order valence-electron chi connectivity index (χ0n) is 26.5. The molecule has 0 aromatic heterocycles. The molecule has 0 saturated carbocycles. The summed E-state index contributed by atoms with van der Waals surface area (Å²) >= 11 is 0. The van der Waals surface area contributed by atoms with Crippen LogP contribution in [0.1, 0.15) is 31.4 Å². The molecule has 0 spiro atoms. The molecular weight excluding hydrogens is 681 g/mol. The van der Waals surface area contributed by atoms with E-state index in [2.05, 4.69) is 9.95 Å². The van der Waals surface area contributed by atoms with Gasteiger partial charge >= 0.3 is 31.6 Å². The van der Waals surface area contributed by atoms with Crippen molar-refractivity contribution in [1.82, 2.24) is 0 Å². The maximum Gasteiger partial charge on any atom is 0.426 e. The van der Waals surface area contributed by atoms with Gasteiger partial charge in [0, 0.05) is 39.1 Å². The van der Waals surface area contributed by atoms with Crippen LogP contribution in [0, 0.1) is 10.8 Å². The van der Waals surface area contributed by atoms with Gasteiger partial charge in [0.1, 0.15) is 21.3 Å². The molecule has 0 aliphatic rings. The van der Waals surface area contributed by atoms with E-state index in [0.717, 1.165) is 11.1 Å². The Morgan fingerprint density at radius 2 is 0.960 bits per heavy atom. The molecule has 0 atom stereocenters. The summed E-state index contributed by atoms with van der Waals surface area (Å²) in [4.78, 5) is 5.66. The highest BCUT2D eigenvalue weighted by Gasteiger charge is 2.29. The van der Waals surface area contributed by atoms with Crippen LogP contribution in [0.15, 0.2) is 119 Å². The van der Waals surface area contributed by atoms with Crippen LogP contribution in [-0.4, -0.2) is 27.0 Å². The van der Waals surface area contributed by atoms with Crippen molar-refractivity contribution in [2.45, 2.75) is 35.5 Å². The van der Waals surface area contributed by atoms with Gasteiger partial charge in [-0.2, -0.15) is 16.8 Å². The van der Waals surface area contributed by atoms with Gasteiger partial charge in [-0.15, -0.1) is 0 Å².